The lowest BCUT2D eigenvalue weighted by molar-refractivity contribution is 0.278. The zero-order valence-corrected chi connectivity index (χ0v) is 12.0. The molecule has 0 aromatic heterocycles. The number of hydrogen-bond acceptors (Lipinski definition) is 6. The number of nitrogens with one attached hydrogen (secondary N) is 1. The maximum absolute atomic E-state index is 9.23. The van der Waals surface area contributed by atoms with Gasteiger partial charge in [-0.15, -0.1) is 6.58 Å². The van der Waals surface area contributed by atoms with E-state index in [-0.39, 0.29) is 11.5 Å². The Bertz CT molecular complexity index is 356. The van der Waals surface area contributed by atoms with Gasteiger partial charge < -0.3 is 30.6 Å². The highest BCUT2D eigenvalue weighted by Gasteiger charge is 2.02. The summed E-state index contributed by atoms with van der Waals surface area (Å²) in [4.78, 5) is 0. The third kappa shape index (κ3) is 12.9. The zero-order chi connectivity index (χ0) is 16.0. The van der Waals surface area contributed by atoms with E-state index in [2.05, 4.69) is 25.7 Å². The van der Waals surface area contributed by atoms with E-state index in [1.165, 1.54) is 6.07 Å². The molecule has 0 fully saturated rings. The first-order valence-electron chi connectivity index (χ1n) is 6.26. The third-order valence-electron chi connectivity index (χ3n) is 1.96. The van der Waals surface area contributed by atoms with Crippen LogP contribution < -0.4 is 5.32 Å². The van der Waals surface area contributed by atoms with E-state index in [4.69, 9.17) is 20.2 Å². The lowest BCUT2D eigenvalue weighted by Crippen LogP contribution is -2.09. The van der Waals surface area contributed by atoms with Gasteiger partial charge in [0.1, 0.15) is 0 Å². The van der Waals surface area contributed by atoms with Gasteiger partial charge in [0.05, 0.1) is 0 Å². The van der Waals surface area contributed by atoms with E-state index in [9.17, 15) is 5.11 Å². The quantitative estimate of drug-likeness (QED) is 0.271. The molecule has 6 N–H and O–H groups in total. The molecule has 0 atom stereocenters. The van der Waals surface area contributed by atoms with Crippen LogP contribution in [0.5, 0.6) is 11.5 Å². The molecule has 0 saturated carbocycles. The average Bonchev–Trinajstić information content (AvgIpc) is 2.36. The van der Waals surface area contributed by atoms with Crippen LogP contribution in [-0.2, 0) is 6.42 Å². The molecule has 1 rings (SSSR count). The highest BCUT2D eigenvalue weighted by atomic mass is 16.5. The number of phenols is 2. The summed E-state index contributed by atoms with van der Waals surface area (Å²) in [7, 11) is -2.17. The van der Waals surface area contributed by atoms with Crippen LogP contribution in [0.25, 0.3) is 0 Å². The molecule has 20 heavy (non-hydrogen) atoms. The van der Waals surface area contributed by atoms with Crippen LogP contribution >= 0.6 is 0 Å². The van der Waals surface area contributed by atoms with E-state index < -0.39 is 7.32 Å². The minimum Gasteiger partial charge on any atom is -0.504 e. The van der Waals surface area contributed by atoms with Crippen LogP contribution in [0.3, 0.4) is 0 Å². The maximum atomic E-state index is 9.23. The fraction of sp³-hybridized carbons (Fsp3) is 0.385. The van der Waals surface area contributed by atoms with Gasteiger partial charge in [-0.05, 0) is 25.6 Å². The van der Waals surface area contributed by atoms with Crippen molar-refractivity contribution in [3.8, 4) is 11.5 Å². The second kappa shape index (κ2) is 13.9. The molecular weight excluding hydrogens is 261 g/mol. The highest BCUT2D eigenvalue weighted by molar-refractivity contribution is 6.30. The normalized spacial score (nSPS) is 8.65. The van der Waals surface area contributed by atoms with Crippen molar-refractivity contribution in [2.45, 2.75) is 20.3 Å². The number of allylic oxidation sites excluding steroid dienone is 1. The summed E-state index contributed by atoms with van der Waals surface area (Å²) in [5, 5.41) is 42.9. The molecular formula is C13H24BNO5. The second-order valence-corrected chi connectivity index (χ2v) is 3.58. The maximum Gasteiger partial charge on any atom is 0.631 e. The van der Waals surface area contributed by atoms with E-state index in [0.717, 1.165) is 13.1 Å². The molecule has 7 heteroatoms. The van der Waals surface area contributed by atoms with Crippen LogP contribution in [0.4, 0.5) is 0 Å². The molecule has 0 amide bonds. The number of rotatable bonds is 4. The lowest BCUT2D eigenvalue weighted by atomic mass is 10.1. The molecule has 0 bridgehead atoms. The van der Waals surface area contributed by atoms with Crippen LogP contribution in [0.1, 0.15) is 19.4 Å². The van der Waals surface area contributed by atoms with Gasteiger partial charge in [-0.3, -0.25) is 0 Å². The van der Waals surface area contributed by atoms with Crippen molar-refractivity contribution in [3.05, 3.63) is 36.4 Å². The summed E-state index contributed by atoms with van der Waals surface area (Å²) >= 11 is 0. The van der Waals surface area contributed by atoms with Gasteiger partial charge in [0.15, 0.2) is 11.5 Å². The van der Waals surface area contributed by atoms with Gasteiger partial charge in [-0.25, -0.2) is 0 Å². The van der Waals surface area contributed by atoms with Crippen molar-refractivity contribution >= 4 is 7.32 Å². The first-order chi connectivity index (χ1) is 9.40. The Balaban J connectivity index is 0. The smallest absolute Gasteiger partial charge is 0.504 e. The Hall–Kier alpha value is -1.54. The molecule has 6 nitrogen and oxygen atoms in total. The van der Waals surface area contributed by atoms with Crippen molar-refractivity contribution < 1.29 is 25.3 Å². The third-order valence-corrected chi connectivity index (χ3v) is 1.96. The summed E-state index contributed by atoms with van der Waals surface area (Å²) < 4.78 is 0. The molecule has 1 aromatic rings. The largest absolute Gasteiger partial charge is 0.631 e. The van der Waals surface area contributed by atoms with Crippen molar-refractivity contribution in [3.63, 3.8) is 0 Å². The van der Waals surface area contributed by atoms with E-state index >= 15 is 0 Å². The molecule has 0 radical (unpaired) electrons. The monoisotopic (exact) mass is 285 g/mol. The van der Waals surface area contributed by atoms with E-state index in [1.54, 1.807) is 18.2 Å². The Morgan fingerprint density at radius 1 is 1.15 bits per heavy atom. The number of benzene rings is 1. The molecule has 0 spiro atoms. The molecule has 0 aliphatic heterocycles. The van der Waals surface area contributed by atoms with Gasteiger partial charge in [0.2, 0.25) is 0 Å². The summed E-state index contributed by atoms with van der Waals surface area (Å²) in [6, 6.07) is 4.88. The number of aromatic hydroxyl groups is 2. The number of para-hydroxylation sites is 1. The van der Waals surface area contributed by atoms with Crippen molar-refractivity contribution in [1.29, 1.82) is 0 Å². The fourth-order valence-corrected chi connectivity index (χ4v) is 1.15. The molecule has 0 heterocycles. The predicted octanol–water partition coefficient (Wildman–Crippen LogP) is 0.390. The summed E-state index contributed by atoms with van der Waals surface area (Å²) in [6.07, 6.45) is 2.24. The number of phenolic OH excluding ortho intramolecular Hbond substituents is 2. The molecule has 114 valence electrons. The van der Waals surface area contributed by atoms with Gasteiger partial charge in [-0.1, -0.05) is 32.1 Å². The van der Waals surface area contributed by atoms with Crippen LogP contribution in [0, 0.1) is 0 Å². The van der Waals surface area contributed by atoms with Gasteiger partial charge in [-0.2, -0.15) is 0 Å². The van der Waals surface area contributed by atoms with Crippen LogP contribution in [0.2, 0.25) is 0 Å². The minimum absolute atomic E-state index is 0.0487. The molecule has 1 aromatic carbocycles. The summed E-state index contributed by atoms with van der Waals surface area (Å²) in [5.74, 6) is -0.128. The number of hydrogen-bond donors (Lipinski definition) is 6. The average molecular weight is 285 g/mol. The lowest BCUT2D eigenvalue weighted by Gasteiger charge is -2.01. The van der Waals surface area contributed by atoms with Crippen LogP contribution in [0.15, 0.2) is 30.9 Å². The topological polar surface area (TPSA) is 113 Å². The van der Waals surface area contributed by atoms with Crippen molar-refractivity contribution in [2.24, 2.45) is 0 Å². The SMILES string of the molecule is C=CCc1cccc(O)c1O.CCNCC.OB(O)O. The van der Waals surface area contributed by atoms with E-state index in [1.807, 2.05) is 0 Å². The Morgan fingerprint density at radius 2 is 1.65 bits per heavy atom. The van der Waals surface area contributed by atoms with Crippen molar-refractivity contribution in [2.75, 3.05) is 13.1 Å². The predicted molar refractivity (Wildman–Crippen MR) is 80.3 cm³/mol. The Morgan fingerprint density at radius 3 is 2.00 bits per heavy atom. The Labute approximate surface area is 120 Å². The Kier molecular flexibility index (Phi) is 14.4. The van der Waals surface area contributed by atoms with Gasteiger partial charge in [0, 0.05) is 5.56 Å². The van der Waals surface area contributed by atoms with E-state index in [0.29, 0.717) is 12.0 Å². The van der Waals surface area contributed by atoms with Crippen molar-refractivity contribution in [1.82, 2.24) is 5.32 Å². The molecule has 0 saturated heterocycles. The highest BCUT2D eigenvalue weighted by Crippen LogP contribution is 2.28. The first-order valence-corrected chi connectivity index (χ1v) is 6.26. The first kappa shape index (κ1) is 20.8. The van der Waals surface area contributed by atoms with Gasteiger partial charge in [0.25, 0.3) is 0 Å². The standard InChI is InChI=1S/C9H10O2.C4H11N.BH3O3/c1-2-4-7-5-3-6-8(10)9(7)11;1-3-5-4-2;2-1(3)4/h2-3,5-6,10-11H,1,4H2;5H,3-4H2,1-2H3;2-4H. The summed E-state index contributed by atoms with van der Waals surface area (Å²) in [6.45, 7) is 9.92. The zero-order valence-electron chi connectivity index (χ0n) is 12.0. The second-order valence-electron chi connectivity index (χ2n) is 3.58. The fourth-order valence-electron chi connectivity index (χ4n) is 1.15. The molecule has 0 aliphatic rings. The van der Waals surface area contributed by atoms with Gasteiger partial charge >= 0.3 is 7.32 Å². The summed E-state index contributed by atoms with van der Waals surface area (Å²) in [5.41, 5.74) is 0.694. The molecule has 0 unspecified atom stereocenters. The van der Waals surface area contributed by atoms with Crippen LogP contribution in [-0.4, -0.2) is 45.7 Å². The molecule has 0 aliphatic carbocycles. The minimum atomic E-state index is -2.17.